The molecule has 0 aliphatic rings. The number of ether oxygens (including phenoxy) is 1. The number of rotatable bonds is 6. The van der Waals surface area contributed by atoms with E-state index in [1.807, 2.05) is 54.6 Å². The monoisotopic (exact) mass is 513 g/mol. The molecule has 3 rings (SSSR count). The normalized spacial score (nSPS) is 10.6. The first kappa shape index (κ1) is 19.6. The summed E-state index contributed by atoms with van der Waals surface area (Å²) >= 11 is 19.1. The predicted molar refractivity (Wildman–Crippen MR) is 116 cm³/mol. The largest absolute Gasteiger partial charge is 0.489 e. The van der Waals surface area contributed by atoms with Gasteiger partial charge < -0.3 is 10.1 Å². The second-order valence-corrected chi connectivity index (χ2v) is 8.32. The maximum Gasteiger partial charge on any atom is 0.124 e. The van der Waals surface area contributed by atoms with Crippen molar-refractivity contribution in [1.29, 1.82) is 0 Å². The molecule has 0 radical (unpaired) electrons. The highest BCUT2D eigenvalue weighted by molar-refractivity contribution is 9.10. The lowest BCUT2D eigenvalue weighted by atomic mass is 10.2. The van der Waals surface area contributed by atoms with Crippen molar-refractivity contribution in [3.8, 4) is 5.75 Å². The van der Waals surface area contributed by atoms with E-state index < -0.39 is 0 Å². The minimum Gasteiger partial charge on any atom is -0.489 e. The van der Waals surface area contributed by atoms with Gasteiger partial charge >= 0.3 is 0 Å². The van der Waals surface area contributed by atoms with Crippen LogP contribution in [0.3, 0.4) is 0 Å². The number of hydrogen-bond donors (Lipinski definition) is 1. The maximum atomic E-state index is 6.23. The van der Waals surface area contributed by atoms with Gasteiger partial charge in [0.05, 0.1) is 10.7 Å². The van der Waals surface area contributed by atoms with E-state index in [0.717, 1.165) is 31.5 Å². The van der Waals surface area contributed by atoms with Crippen molar-refractivity contribution in [2.24, 2.45) is 0 Å². The summed E-state index contributed by atoms with van der Waals surface area (Å²) in [5, 5.41) is 4.53. The average Bonchev–Trinajstić information content (AvgIpc) is 2.61. The van der Waals surface area contributed by atoms with Gasteiger partial charge in [-0.2, -0.15) is 0 Å². The van der Waals surface area contributed by atoms with Gasteiger partial charge in [-0.3, -0.25) is 0 Å². The van der Waals surface area contributed by atoms with Gasteiger partial charge in [-0.15, -0.1) is 0 Å². The van der Waals surface area contributed by atoms with Crippen molar-refractivity contribution in [3.63, 3.8) is 0 Å². The molecule has 0 spiro atoms. The van der Waals surface area contributed by atoms with Crippen molar-refractivity contribution in [1.82, 2.24) is 0 Å². The van der Waals surface area contributed by atoms with Crippen LogP contribution in [0, 0.1) is 0 Å². The molecule has 26 heavy (non-hydrogen) atoms. The van der Waals surface area contributed by atoms with E-state index in [9.17, 15) is 0 Å². The zero-order valence-corrected chi connectivity index (χ0v) is 18.3. The zero-order chi connectivity index (χ0) is 18.5. The zero-order valence-electron chi connectivity index (χ0n) is 13.6. The summed E-state index contributed by atoms with van der Waals surface area (Å²) in [6.45, 7) is 1.08. The van der Waals surface area contributed by atoms with Crippen LogP contribution in [-0.4, -0.2) is 0 Å². The second kappa shape index (κ2) is 9.14. The van der Waals surface area contributed by atoms with E-state index in [0.29, 0.717) is 23.2 Å². The van der Waals surface area contributed by atoms with Gasteiger partial charge in [0, 0.05) is 26.1 Å². The van der Waals surface area contributed by atoms with Crippen LogP contribution in [0.2, 0.25) is 10.0 Å². The lowest BCUT2D eigenvalue weighted by Gasteiger charge is -2.14. The van der Waals surface area contributed by atoms with Crippen LogP contribution in [0.4, 0.5) is 5.69 Å². The molecule has 0 saturated carbocycles. The molecule has 0 atom stereocenters. The maximum absolute atomic E-state index is 6.23. The Morgan fingerprint density at radius 3 is 2.31 bits per heavy atom. The average molecular weight is 516 g/mol. The Morgan fingerprint density at radius 1 is 0.846 bits per heavy atom. The van der Waals surface area contributed by atoms with Crippen LogP contribution in [-0.2, 0) is 13.2 Å². The highest BCUT2D eigenvalue weighted by Gasteiger charge is 2.07. The molecular formula is C20H15Br2Cl2NO. The van der Waals surface area contributed by atoms with Gasteiger partial charge in [0.1, 0.15) is 12.4 Å². The van der Waals surface area contributed by atoms with Crippen molar-refractivity contribution in [2.45, 2.75) is 13.2 Å². The molecule has 0 aliphatic heterocycles. The van der Waals surface area contributed by atoms with Crippen molar-refractivity contribution in [3.05, 3.63) is 90.8 Å². The summed E-state index contributed by atoms with van der Waals surface area (Å²) in [5.41, 5.74) is 2.97. The van der Waals surface area contributed by atoms with Gasteiger partial charge in [-0.25, -0.2) is 0 Å². The molecule has 0 heterocycles. The number of halogens is 4. The molecule has 6 heteroatoms. The first-order valence-electron chi connectivity index (χ1n) is 7.86. The van der Waals surface area contributed by atoms with Crippen LogP contribution in [0.15, 0.2) is 69.6 Å². The fourth-order valence-corrected chi connectivity index (χ4v) is 3.54. The molecule has 0 unspecified atom stereocenters. The van der Waals surface area contributed by atoms with Gasteiger partial charge in [0.25, 0.3) is 0 Å². The third kappa shape index (κ3) is 5.40. The summed E-state index contributed by atoms with van der Waals surface area (Å²) in [4.78, 5) is 0. The van der Waals surface area contributed by atoms with E-state index in [1.165, 1.54) is 0 Å². The van der Waals surface area contributed by atoms with Crippen LogP contribution >= 0.6 is 55.1 Å². The van der Waals surface area contributed by atoms with Crippen LogP contribution in [0.1, 0.15) is 11.1 Å². The van der Waals surface area contributed by atoms with Gasteiger partial charge in [0.2, 0.25) is 0 Å². The second-order valence-electron chi connectivity index (χ2n) is 5.64. The smallest absolute Gasteiger partial charge is 0.124 e. The van der Waals surface area contributed by atoms with Crippen LogP contribution in [0.25, 0.3) is 0 Å². The topological polar surface area (TPSA) is 21.3 Å². The molecule has 0 saturated heterocycles. The molecule has 2 nitrogen and oxygen atoms in total. The van der Waals surface area contributed by atoms with E-state index in [2.05, 4.69) is 37.2 Å². The molecule has 0 aromatic heterocycles. The van der Waals surface area contributed by atoms with E-state index in [4.69, 9.17) is 27.9 Å². The van der Waals surface area contributed by atoms with Crippen LogP contribution < -0.4 is 10.1 Å². The molecule has 0 fully saturated rings. The molecule has 134 valence electrons. The van der Waals surface area contributed by atoms with Crippen molar-refractivity contribution < 1.29 is 4.74 Å². The lowest BCUT2D eigenvalue weighted by molar-refractivity contribution is 0.303. The van der Waals surface area contributed by atoms with Crippen molar-refractivity contribution in [2.75, 3.05) is 5.32 Å². The fourth-order valence-electron chi connectivity index (χ4n) is 2.39. The summed E-state index contributed by atoms with van der Waals surface area (Å²) in [6, 6.07) is 19.4. The van der Waals surface area contributed by atoms with Gasteiger partial charge in [-0.05, 0) is 54.1 Å². The fraction of sp³-hybridized carbons (Fsp3) is 0.100. The summed E-state index contributed by atoms with van der Waals surface area (Å²) in [7, 11) is 0. The molecule has 0 aliphatic carbocycles. The lowest BCUT2D eigenvalue weighted by Crippen LogP contribution is -2.04. The first-order chi connectivity index (χ1) is 12.5. The summed E-state index contributed by atoms with van der Waals surface area (Å²) < 4.78 is 8.07. The minimum absolute atomic E-state index is 0.504. The Labute approximate surface area is 179 Å². The van der Waals surface area contributed by atoms with Crippen LogP contribution in [0.5, 0.6) is 5.75 Å². The molecule has 3 aromatic carbocycles. The SMILES string of the molecule is Clc1ccc(NCc2cc(Br)ccc2OCc2ccc(Br)cc2)c(Cl)c1. The standard InChI is InChI=1S/C20H15Br2Cl2NO/c21-15-3-1-13(2-4-15)12-26-20-8-5-16(22)9-14(20)11-25-19-7-6-17(23)10-18(19)24/h1-10,25H,11-12H2. The molecule has 1 N–H and O–H groups in total. The third-order valence-corrected chi connectivity index (χ3v) is 5.30. The first-order valence-corrected chi connectivity index (χ1v) is 10.2. The number of benzene rings is 3. The highest BCUT2D eigenvalue weighted by Crippen LogP contribution is 2.29. The van der Waals surface area contributed by atoms with E-state index in [-0.39, 0.29) is 0 Å². The Bertz CT molecular complexity index is 901. The van der Waals surface area contributed by atoms with Gasteiger partial charge in [0.15, 0.2) is 0 Å². The Balaban J connectivity index is 1.71. The van der Waals surface area contributed by atoms with E-state index in [1.54, 1.807) is 6.07 Å². The van der Waals surface area contributed by atoms with Crippen molar-refractivity contribution >= 4 is 60.7 Å². The highest BCUT2D eigenvalue weighted by atomic mass is 79.9. The molecule has 3 aromatic rings. The summed E-state index contributed by atoms with van der Waals surface area (Å²) in [5.74, 6) is 0.828. The quantitative estimate of drug-likeness (QED) is 0.363. The Kier molecular flexibility index (Phi) is 6.87. The molecular weight excluding hydrogens is 501 g/mol. The predicted octanol–water partition coefficient (Wildman–Crippen LogP) is 7.71. The minimum atomic E-state index is 0.504. The number of hydrogen-bond acceptors (Lipinski definition) is 2. The summed E-state index contributed by atoms with van der Waals surface area (Å²) in [6.07, 6.45) is 0. The number of nitrogens with one attached hydrogen (secondary N) is 1. The third-order valence-electron chi connectivity index (χ3n) is 3.73. The van der Waals surface area contributed by atoms with E-state index >= 15 is 0 Å². The molecule has 0 amide bonds. The van der Waals surface area contributed by atoms with Gasteiger partial charge in [-0.1, -0.05) is 67.2 Å². The number of anilines is 1. The Morgan fingerprint density at radius 2 is 1.58 bits per heavy atom. The molecule has 0 bridgehead atoms. The Hall–Kier alpha value is -1.20.